The largest absolute Gasteiger partial charge is 0.416 e. The number of halogens is 3. The first-order valence-corrected chi connectivity index (χ1v) is 7.05. The van der Waals surface area contributed by atoms with Crippen molar-refractivity contribution in [2.75, 3.05) is 18.0 Å². The number of anilines is 1. The van der Waals surface area contributed by atoms with E-state index in [0.717, 1.165) is 18.6 Å². The summed E-state index contributed by atoms with van der Waals surface area (Å²) in [6, 6.07) is 3.36. The molecule has 0 amide bonds. The van der Waals surface area contributed by atoms with E-state index in [4.69, 9.17) is 18.0 Å². The summed E-state index contributed by atoms with van der Waals surface area (Å²) in [5, 5.41) is 9.94. The third-order valence-corrected chi connectivity index (χ3v) is 4.07. The molecule has 0 bridgehead atoms. The molecule has 2 rings (SSSR count). The SMILES string of the molecule is CC1CCN(c2ccc(C(F)(F)F)cc2C(N)=S)CC1O. The van der Waals surface area contributed by atoms with Crippen molar-refractivity contribution in [3.63, 3.8) is 0 Å². The standard InChI is InChI=1S/C14H17F3N2OS/c1-8-4-5-19(7-12(8)20)11-3-2-9(14(15,16)17)6-10(11)13(18)21/h2-3,6,8,12,20H,4-5,7H2,1H3,(H2,18,21). The Balaban J connectivity index is 2.38. The topological polar surface area (TPSA) is 49.5 Å². The number of hydrogen-bond acceptors (Lipinski definition) is 3. The molecule has 21 heavy (non-hydrogen) atoms. The van der Waals surface area contributed by atoms with Gasteiger partial charge in [-0.1, -0.05) is 19.1 Å². The fourth-order valence-electron chi connectivity index (χ4n) is 2.45. The zero-order chi connectivity index (χ0) is 15.8. The van der Waals surface area contributed by atoms with E-state index in [1.165, 1.54) is 6.07 Å². The van der Waals surface area contributed by atoms with Crippen LogP contribution in [-0.4, -0.2) is 29.3 Å². The number of nitrogens with two attached hydrogens (primary N) is 1. The average molecular weight is 318 g/mol. The molecule has 0 aromatic heterocycles. The van der Waals surface area contributed by atoms with Crippen LogP contribution in [0.15, 0.2) is 18.2 Å². The van der Waals surface area contributed by atoms with Crippen LogP contribution >= 0.6 is 12.2 Å². The lowest BCUT2D eigenvalue weighted by Gasteiger charge is -2.36. The molecular weight excluding hydrogens is 301 g/mol. The fraction of sp³-hybridized carbons (Fsp3) is 0.500. The molecule has 2 unspecified atom stereocenters. The summed E-state index contributed by atoms with van der Waals surface area (Å²) in [6.07, 6.45) is -4.19. The molecule has 0 saturated carbocycles. The van der Waals surface area contributed by atoms with E-state index >= 15 is 0 Å². The van der Waals surface area contributed by atoms with Crippen molar-refractivity contribution in [3.05, 3.63) is 29.3 Å². The minimum absolute atomic E-state index is 0.0794. The van der Waals surface area contributed by atoms with Gasteiger partial charge in [0.1, 0.15) is 4.99 Å². The predicted molar refractivity (Wildman–Crippen MR) is 79.3 cm³/mol. The molecule has 1 aliphatic rings. The van der Waals surface area contributed by atoms with E-state index < -0.39 is 17.8 Å². The maximum absolute atomic E-state index is 12.8. The fourth-order valence-corrected chi connectivity index (χ4v) is 2.62. The number of benzene rings is 1. The molecule has 0 radical (unpaired) electrons. The van der Waals surface area contributed by atoms with Gasteiger partial charge in [-0.05, 0) is 30.5 Å². The van der Waals surface area contributed by atoms with E-state index in [1.54, 1.807) is 0 Å². The predicted octanol–water partition coefficient (Wildman–Crippen LogP) is 2.55. The Labute approximate surface area is 126 Å². The molecule has 7 heteroatoms. The minimum Gasteiger partial charge on any atom is -0.391 e. The number of alkyl halides is 3. The van der Waals surface area contributed by atoms with Crippen LogP contribution in [0.25, 0.3) is 0 Å². The van der Waals surface area contributed by atoms with Crippen molar-refractivity contribution >= 4 is 22.9 Å². The van der Waals surface area contributed by atoms with Gasteiger partial charge in [0.15, 0.2) is 0 Å². The smallest absolute Gasteiger partial charge is 0.391 e. The first-order chi connectivity index (χ1) is 9.70. The van der Waals surface area contributed by atoms with Crippen LogP contribution in [-0.2, 0) is 6.18 Å². The minimum atomic E-state index is -4.44. The molecular formula is C14H17F3N2OS. The van der Waals surface area contributed by atoms with Gasteiger partial charge in [-0.2, -0.15) is 13.2 Å². The van der Waals surface area contributed by atoms with E-state index in [0.29, 0.717) is 18.8 Å². The summed E-state index contributed by atoms with van der Waals surface area (Å²) in [4.78, 5) is 1.75. The van der Waals surface area contributed by atoms with Crippen LogP contribution in [0.4, 0.5) is 18.9 Å². The molecule has 1 fully saturated rings. The molecule has 1 aromatic rings. The Bertz CT molecular complexity index is 548. The van der Waals surface area contributed by atoms with E-state index in [9.17, 15) is 18.3 Å². The second-order valence-corrected chi connectivity index (χ2v) is 5.81. The van der Waals surface area contributed by atoms with Gasteiger partial charge >= 0.3 is 6.18 Å². The molecule has 2 atom stereocenters. The van der Waals surface area contributed by atoms with Gasteiger partial charge in [0.05, 0.1) is 11.7 Å². The normalized spacial score (nSPS) is 23.2. The molecule has 1 heterocycles. The van der Waals surface area contributed by atoms with Crippen molar-refractivity contribution < 1.29 is 18.3 Å². The lowest BCUT2D eigenvalue weighted by atomic mass is 9.95. The lowest BCUT2D eigenvalue weighted by Crippen LogP contribution is -2.43. The Kier molecular flexibility index (Phi) is 4.43. The summed E-state index contributed by atoms with van der Waals surface area (Å²) in [5.41, 5.74) is 5.53. The quantitative estimate of drug-likeness (QED) is 0.823. The number of nitrogens with zero attached hydrogens (tertiary/aromatic N) is 1. The van der Waals surface area contributed by atoms with Crippen LogP contribution in [0.3, 0.4) is 0 Å². The van der Waals surface area contributed by atoms with Gasteiger partial charge in [-0.15, -0.1) is 0 Å². The van der Waals surface area contributed by atoms with Crippen molar-refractivity contribution in [3.8, 4) is 0 Å². The van der Waals surface area contributed by atoms with Crippen LogP contribution in [0.1, 0.15) is 24.5 Å². The van der Waals surface area contributed by atoms with Crippen LogP contribution in [0.5, 0.6) is 0 Å². The summed E-state index contributed by atoms with van der Waals surface area (Å²) in [5.74, 6) is 0.170. The third-order valence-electron chi connectivity index (χ3n) is 3.85. The second-order valence-electron chi connectivity index (χ2n) is 5.37. The molecule has 0 aliphatic carbocycles. The first-order valence-electron chi connectivity index (χ1n) is 6.64. The van der Waals surface area contributed by atoms with E-state index in [1.807, 2.05) is 11.8 Å². The summed E-state index contributed by atoms with van der Waals surface area (Å²) >= 11 is 4.88. The van der Waals surface area contributed by atoms with Crippen molar-refractivity contribution in [2.45, 2.75) is 25.6 Å². The molecule has 3 N–H and O–H groups in total. The Morgan fingerprint density at radius 1 is 1.43 bits per heavy atom. The van der Waals surface area contributed by atoms with Gasteiger partial charge in [0.25, 0.3) is 0 Å². The molecule has 3 nitrogen and oxygen atoms in total. The summed E-state index contributed by atoms with van der Waals surface area (Å²) < 4.78 is 38.3. The van der Waals surface area contributed by atoms with Crippen molar-refractivity contribution in [2.24, 2.45) is 11.7 Å². The van der Waals surface area contributed by atoms with Crippen LogP contribution in [0, 0.1) is 5.92 Å². The molecule has 0 spiro atoms. The third kappa shape index (κ3) is 3.47. The van der Waals surface area contributed by atoms with E-state index in [2.05, 4.69) is 0 Å². The van der Waals surface area contributed by atoms with Gasteiger partial charge < -0.3 is 15.7 Å². The van der Waals surface area contributed by atoms with Gasteiger partial charge in [0, 0.05) is 24.3 Å². The highest BCUT2D eigenvalue weighted by Gasteiger charge is 2.32. The maximum Gasteiger partial charge on any atom is 0.416 e. The molecule has 116 valence electrons. The number of aliphatic hydroxyl groups is 1. The number of piperidine rings is 1. The molecule has 1 saturated heterocycles. The number of β-amino-alcohol motifs (C(OH)–C–C–N with tert-alkyl or cyclic N) is 1. The van der Waals surface area contributed by atoms with E-state index in [-0.39, 0.29) is 16.5 Å². The monoisotopic (exact) mass is 318 g/mol. The van der Waals surface area contributed by atoms with Crippen LogP contribution < -0.4 is 10.6 Å². The zero-order valence-electron chi connectivity index (χ0n) is 11.5. The Hall–Kier alpha value is -1.34. The highest BCUT2D eigenvalue weighted by atomic mass is 32.1. The maximum atomic E-state index is 12.8. The van der Waals surface area contributed by atoms with Gasteiger partial charge in [-0.3, -0.25) is 0 Å². The average Bonchev–Trinajstić information content (AvgIpc) is 2.40. The van der Waals surface area contributed by atoms with Crippen molar-refractivity contribution in [1.82, 2.24) is 0 Å². The molecule has 1 aliphatic heterocycles. The van der Waals surface area contributed by atoms with Crippen LogP contribution in [0.2, 0.25) is 0 Å². The summed E-state index contributed by atoms with van der Waals surface area (Å²) in [6.45, 7) is 2.96. The second kappa shape index (κ2) is 5.81. The van der Waals surface area contributed by atoms with Gasteiger partial charge in [-0.25, -0.2) is 0 Å². The number of hydrogen-bond donors (Lipinski definition) is 2. The van der Waals surface area contributed by atoms with Crippen molar-refractivity contribution in [1.29, 1.82) is 0 Å². The Morgan fingerprint density at radius 3 is 2.62 bits per heavy atom. The highest BCUT2D eigenvalue weighted by Crippen LogP contribution is 2.34. The zero-order valence-corrected chi connectivity index (χ0v) is 12.3. The number of rotatable bonds is 2. The molecule has 1 aromatic carbocycles. The first kappa shape index (κ1) is 16.0. The highest BCUT2D eigenvalue weighted by molar-refractivity contribution is 7.80. The number of thiocarbonyl (C=S) groups is 1. The lowest BCUT2D eigenvalue weighted by molar-refractivity contribution is -0.137. The Morgan fingerprint density at radius 2 is 2.10 bits per heavy atom. The van der Waals surface area contributed by atoms with Gasteiger partial charge in [0.2, 0.25) is 0 Å². The number of aliphatic hydroxyl groups excluding tert-OH is 1. The summed E-state index contributed by atoms with van der Waals surface area (Å²) in [7, 11) is 0.